The lowest BCUT2D eigenvalue weighted by atomic mass is 9.87. The molecule has 4 N–H and O–H groups in total. The summed E-state index contributed by atoms with van der Waals surface area (Å²) in [5, 5.41) is 29.9. The molecule has 3 rings (SSSR count). The first-order chi connectivity index (χ1) is 14.0. The van der Waals surface area contributed by atoms with E-state index in [1.54, 1.807) is 4.90 Å². The van der Waals surface area contributed by atoms with E-state index in [1.807, 2.05) is 19.9 Å². The number of halogens is 3. The number of alkyl halides is 3. The third-order valence-electron chi connectivity index (χ3n) is 5.91. The molecule has 168 valence electrons. The summed E-state index contributed by atoms with van der Waals surface area (Å²) >= 11 is 0. The maximum atomic E-state index is 13.0. The van der Waals surface area contributed by atoms with Gasteiger partial charge >= 0.3 is 6.18 Å². The first-order valence-corrected chi connectivity index (χ1v) is 10.3. The number of nitrogens with one attached hydrogen (secondary N) is 3. The lowest BCUT2D eigenvalue weighted by Crippen LogP contribution is -2.56. The van der Waals surface area contributed by atoms with Crippen molar-refractivity contribution >= 4 is 17.3 Å². The molecule has 0 aromatic carbocycles. The van der Waals surface area contributed by atoms with Crippen LogP contribution in [-0.4, -0.2) is 77.1 Å². The van der Waals surface area contributed by atoms with Crippen molar-refractivity contribution in [3.05, 3.63) is 11.6 Å². The van der Waals surface area contributed by atoms with Crippen LogP contribution in [0.2, 0.25) is 0 Å². The molecule has 2 unspecified atom stereocenters. The average Bonchev–Trinajstić information content (AvgIpc) is 2.68. The fourth-order valence-corrected chi connectivity index (χ4v) is 4.11. The van der Waals surface area contributed by atoms with E-state index in [9.17, 15) is 18.3 Å². The first-order valence-electron chi connectivity index (χ1n) is 10.3. The fraction of sp³-hybridized carbons (Fsp3) is 0.750. The molecular weight excluding hydrogens is 399 g/mol. The number of aliphatic imine (C=N–C) groups is 1. The summed E-state index contributed by atoms with van der Waals surface area (Å²) in [4.78, 5) is 6.16. The number of aliphatic hydroxyl groups is 1. The van der Waals surface area contributed by atoms with Gasteiger partial charge in [-0.15, -0.1) is 0 Å². The largest absolute Gasteiger partial charge is 0.417 e. The van der Waals surface area contributed by atoms with Gasteiger partial charge in [-0.3, -0.25) is 10.3 Å². The summed E-state index contributed by atoms with van der Waals surface area (Å²) in [5.41, 5.74) is -1.39. The van der Waals surface area contributed by atoms with E-state index in [4.69, 9.17) is 15.6 Å². The van der Waals surface area contributed by atoms with Gasteiger partial charge in [-0.1, -0.05) is 0 Å². The SMILES string of the molecule is CC(C)OC1C=C(C(=N)C2CC(N3CCC(O)(C(F)(F)F)CC3)=NCN2)C(=N)CC1. The van der Waals surface area contributed by atoms with Gasteiger partial charge in [0.1, 0.15) is 5.84 Å². The fourth-order valence-electron chi connectivity index (χ4n) is 4.11. The van der Waals surface area contributed by atoms with Crippen LogP contribution >= 0.6 is 0 Å². The van der Waals surface area contributed by atoms with Crippen LogP contribution < -0.4 is 5.32 Å². The Morgan fingerprint density at radius 1 is 1.37 bits per heavy atom. The first kappa shape index (κ1) is 22.9. The minimum Gasteiger partial charge on any atom is -0.380 e. The third-order valence-corrected chi connectivity index (χ3v) is 5.91. The number of ether oxygens (including phenoxy) is 1. The van der Waals surface area contributed by atoms with Crippen molar-refractivity contribution in [3.8, 4) is 0 Å². The Labute approximate surface area is 174 Å². The molecule has 1 saturated heterocycles. The van der Waals surface area contributed by atoms with Gasteiger partial charge in [-0.2, -0.15) is 13.2 Å². The van der Waals surface area contributed by atoms with E-state index in [0.717, 1.165) is 0 Å². The highest BCUT2D eigenvalue weighted by atomic mass is 19.4. The van der Waals surface area contributed by atoms with E-state index in [1.165, 1.54) is 0 Å². The zero-order valence-electron chi connectivity index (χ0n) is 17.4. The second-order valence-electron chi connectivity index (χ2n) is 8.44. The Balaban J connectivity index is 1.65. The quantitative estimate of drug-likeness (QED) is 0.516. The van der Waals surface area contributed by atoms with Gasteiger partial charge in [0.05, 0.1) is 30.6 Å². The lowest BCUT2D eigenvalue weighted by molar-refractivity contribution is -0.270. The van der Waals surface area contributed by atoms with Gasteiger partial charge in [0, 0.05) is 43.6 Å². The normalized spacial score (nSPS) is 27.7. The number of hydrogen-bond donors (Lipinski definition) is 4. The van der Waals surface area contributed by atoms with Gasteiger partial charge < -0.3 is 25.6 Å². The number of likely N-dealkylation sites (tertiary alicyclic amines) is 1. The van der Waals surface area contributed by atoms with Crippen molar-refractivity contribution in [1.82, 2.24) is 10.2 Å². The minimum absolute atomic E-state index is 0.0509. The summed E-state index contributed by atoms with van der Waals surface area (Å²) < 4.78 is 45.0. The molecule has 1 fully saturated rings. The second-order valence-corrected chi connectivity index (χ2v) is 8.44. The Hall–Kier alpha value is -1.78. The molecular formula is C20H30F3N5O2. The molecule has 2 heterocycles. The topological polar surface area (TPSA) is 105 Å². The lowest BCUT2D eigenvalue weighted by Gasteiger charge is -2.41. The Bertz CT molecular complexity index is 739. The standard InChI is InChI=1S/C20H30F3N5O2/c1-12(2)30-13-3-4-15(24)14(9-13)18(25)16-10-17(27-11-26-16)28-7-5-19(29,6-8-28)20(21,22)23/h9,12-13,16,24-26,29H,3-8,10-11H2,1-2H3. The maximum Gasteiger partial charge on any atom is 0.417 e. The molecule has 1 aliphatic carbocycles. The Kier molecular flexibility index (Phi) is 6.69. The third kappa shape index (κ3) is 4.92. The number of hydrogen-bond acceptors (Lipinski definition) is 7. The molecule has 3 aliphatic rings. The number of piperidine rings is 1. The molecule has 0 bridgehead atoms. The van der Waals surface area contributed by atoms with Crippen LogP contribution in [0.4, 0.5) is 13.2 Å². The summed E-state index contributed by atoms with van der Waals surface area (Å²) in [7, 11) is 0. The van der Waals surface area contributed by atoms with Crippen LogP contribution in [0.1, 0.15) is 46.0 Å². The van der Waals surface area contributed by atoms with Gasteiger partial charge in [-0.25, -0.2) is 0 Å². The van der Waals surface area contributed by atoms with Gasteiger partial charge in [0.25, 0.3) is 0 Å². The Morgan fingerprint density at radius 3 is 2.63 bits per heavy atom. The van der Waals surface area contributed by atoms with Crippen molar-refractivity contribution in [2.75, 3.05) is 19.8 Å². The average molecular weight is 429 g/mol. The van der Waals surface area contributed by atoms with Gasteiger partial charge in [0.2, 0.25) is 0 Å². The van der Waals surface area contributed by atoms with Crippen LogP contribution in [0, 0.1) is 10.8 Å². The molecule has 0 amide bonds. The molecule has 2 aliphatic heterocycles. The highest BCUT2D eigenvalue weighted by Crippen LogP contribution is 2.38. The van der Waals surface area contributed by atoms with Crippen molar-refractivity contribution in [2.24, 2.45) is 4.99 Å². The van der Waals surface area contributed by atoms with E-state index in [-0.39, 0.29) is 43.7 Å². The monoisotopic (exact) mass is 429 g/mol. The molecule has 10 heteroatoms. The summed E-state index contributed by atoms with van der Waals surface area (Å²) in [5.74, 6) is 0.644. The highest BCUT2D eigenvalue weighted by molar-refractivity contribution is 6.25. The molecule has 30 heavy (non-hydrogen) atoms. The van der Waals surface area contributed by atoms with Crippen LogP contribution in [-0.2, 0) is 4.74 Å². The van der Waals surface area contributed by atoms with Crippen molar-refractivity contribution in [2.45, 2.75) is 76.0 Å². The van der Waals surface area contributed by atoms with Crippen LogP contribution in [0.5, 0.6) is 0 Å². The zero-order valence-corrected chi connectivity index (χ0v) is 17.4. The number of rotatable bonds is 4. The molecule has 0 spiro atoms. The highest BCUT2D eigenvalue weighted by Gasteiger charge is 2.54. The van der Waals surface area contributed by atoms with E-state index >= 15 is 0 Å². The molecule has 0 aromatic heterocycles. The smallest absolute Gasteiger partial charge is 0.380 e. The van der Waals surface area contributed by atoms with Crippen molar-refractivity contribution < 1.29 is 23.0 Å². The number of amidine groups is 1. The summed E-state index contributed by atoms with van der Waals surface area (Å²) in [6.07, 6.45) is -2.04. The summed E-state index contributed by atoms with van der Waals surface area (Å²) in [6, 6.07) is -0.370. The maximum absolute atomic E-state index is 13.0. The van der Waals surface area contributed by atoms with Crippen molar-refractivity contribution in [1.29, 1.82) is 10.8 Å². The van der Waals surface area contributed by atoms with Crippen LogP contribution in [0.15, 0.2) is 16.6 Å². The molecule has 0 saturated carbocycles. The Morgan fingerprint density at radius 2 is 2.03 bits per heavy atom. The minimum atomic E-state index is -4.64. The molecule has 0 aromatic rings. The number of nitrogens with zero attached hydrogens (tertiary/aromatic N) is 2. The molecule has 2 atom stereocenters. The van der Waals surface area contributed by atoms with Gasteiger partial charge in [0.15, 0.2) is 5.60 Å². The predicted octanol–water partition coefficient (Wildman–Crippen LogP) is 2.65. The van der Waals surface area contributed by atoms with E-state index in [0.29, 0.717) is 36.4 Å². The van der Waals surface area contributed by atoms with Crippen LogP contribution in [0.3, 0.4) is 0 Å². The van der Waals surface area contributed by atoms with E-state index in [2.05, 4.69) is 10.3 Å². The van der Waals surface area contributed by atoms with Crippen molar-refractivity contribution in [3.63, 3.8) is 0 Å². The zero-order chi connectivity index (χ0) is 22.1. The second kappa shape index (κ2) is 8.76. The van der Waals surface area contributed by atoms with E-state index < -0.39 is 24.6 Å². The molecule has 0 radical (unpaired) electrons. The van der Waals surface area contributed by atoms with Gasteiger partial charge in [-0.05, 0) is 32.8 Å². The molecule has 7 nitrogen and oxygen atoms in total. The predicted molar refractivity (Wildman–Crippen MR) is 108 cm³/mol. The summed E-state index contributed by atoms with van der Waals surface area (Å²) in [6.45, 7) is 4.29. The van der Waals surface area contributed by atoms with Crippen LogP contribution in [0.25, 0.3) is 0 Å².